The van der Waals surface area contributed by atoms with Gasteiger partial charge >= 0.3 is 46.1 Å². The Morgan fingerprint density at radius 1 is 0.525 bits per heavy atom. The first-order valence-electron chi connectivity index (χ1n) is 9.80. The fourth-order valence-electron chi connectivity index (χ4n) is 2.10. The fraction of sp³-hybridized carbons (Fsp3) is 0.0400. The van der Waals surface area contributed by atoms with Crippen molar-refractivity contribution < 1.29 is 19.8 Å². The second-order valence-electron chi connectivity index (χ2n) is 6.08. The molecule has 0 saturated heterocycles. The molecule has 0 bridgehead atoms. The minimum atomic E-state index is 0. The summed E-state index contributed by atoms with van der Waals surface area (Å²) >= 11 is 30.6. The normalized spacial score (nSPS) is 8.45. The molecule has 2 heterocycles. The van der Waals surface area contributed by atoms with E-state index >= 15 is 0 Å². The van der Waals surface area contributed by atoms with Gasteiger partial charge < -0.3 is 19.8 Å². The maximum atomic E-state index is 5.65. The average Bonchev–Trinajstić information content (AvgIpc) is 2.86. The summed E-state index contributed by atoms with van der Waals surface area (Å²) in [5.74, 6) is 0.482. The molecule has 0 aliphatic heterocycles. The van der Waals surface area contributed by atoms with E-state index in [2.05, 4.69) is 51.9 Å². The van der Waals surface area contributed by atoms with Crippen LogP contribution in [0, 0.1) is 6.07 Å². The molecule has 40 heavy (non-hydrogen) atoms. The van der Waals surface area contributed by atoms with Gasteiger partial charge in [0.25, 0.3) is 0 Å². The Hall–Kier alpha value is -0.378. The number of hydrogen-bond donors (Lipinski definition) is 0. The summed E-state index contributed by atoms with van der Waals surface area (Å²) in [5.41, 5.74) is 0.860. The van der Waals surface area contributed by atoms with Crippen molar-refractivity contribution in [1.82, 2.24) is 29.9 Å². The molecule has 5 rings (SSSR count). The molecule has 0 spiro atoms. The molecule has 0 aliphatic carbocycles. The number of halogens is 7. The van der Waals surface area contributed by atoms with E-state index in [4.69, 9.17) is 58.0 Å². The summed E-state index contributed by atoms with van der Waals surface area (Å²) in [6, 6.07) is 31.9. The smallest absolute Gasteiger partial charge is 1.00 e. The number of benzene rings is 3. The molecule has 0 aliphatic rings. The molecule has 0 unspecified atom stereocenters. The van der Waals surface area contributed by atoms with Gasteiger partial charge in [-0.1, -0.05) is 71.9 Å². The first-order valence-corrected chi connectivity index (χ1v) is 12.5. The molecular weight excluding hydrogens is 770 g/mol. The monoisotopic (exact) mass is 786 g/mol. The molecule has 0 amide bonds. The van der Waals surface area contributed by atoms with Crippen LogP contribution in [0.2, 0.25) is 26.4 Å². The Morgan fingerprint density at radius 2 is 0.850 bits per heavy atom. The van der Waals surface area contributed by atoms with Gasteiger partial charge in [-0.2, -0.15) is 66.3 Å². The third-order valence-corrected chi connectivity index (χ3v) is 4.88. The number of nitrogens with zero attached hydrogens (tertiary/aromatic N) is 6. The van der Waals surface area contributed by atoms with Crippen LogP contribution in [0.25, 0.3) is 11.4 Å². The molecule has 0 N–H and O–H groups in total. The summed E-state index contributed by atoms with van der Waals surface area (Å²) < 4.78 is 1.13. The Balaban J connectivity index is -0.000000145. The van der Waals surface area contributed by atoms with Gasteiger partial charge in [-0.25, -0.2) is 0 Å². The molecular formula is C25H21Br2Cl5Mg2N6. The van der Waals surface area contributed by atoms with Crippen molar-refractivity contribution in [3.63, 3.8) is 0 Å². The molecule has 15 heteroatoms. The summed E-state index contributed by atoms with van der Waals surface area (Å²) in [5, 5.41) is 0.202. The van der Waals surface area contributed by atoms with E-state index in [1.165, 1.54) is 0 Å². The van der Waals surface area contributed by atoms with Crippen LogP contribution in [0.5, 0.6) is 0 Å². The predicted octanol–water partition coefficient (Wildman–Crippen LogP) is 5.72. The van der Waals surface area contributed by atoms with Crippen LogP contribution in [-0.2, 0) is 0 Å². The molecule has 0 radical (unpaired) electrons. The zero-order valence-electron chi connectivity index (χ0n) is 21.9. The molecule has 0 fully saturated rings. The van der Waals surface area contributed by atoms with Crippen molar-refractivity contribution in [2.75, 3.05) is 0 Å². The third kappa shape index (κ3) is 20.5. The quantitative estimate of drug-likeness (QED) is 0.160. The summed E-state index contributed by atoms with van der Waals surface area (Å²) in [7, 11) is 0. The Morgan fingerprint density at radius 3 is 1.12 bits per heavy atom. The minimum Gasteiger partial charge on any atom is -1.00 e. The number of hydrogen-bond acceptors (Lipinski definition) is 6. The van der Waals surface area contributed by atoms with Crippen molar-refractivity contribution in [3.8, 4) is 11.4 Å². The van der Waals surface area contributed by atoms with Crippen LogP contribution in [0.1, 0.15) is 10.3 Å². The van der Waals surface area contributed by atoms with Gasteiger partial charge in [0.15, 0.2) is 5.82 Å². The van der Waals surface area contributed by atoms with Crippen molar-refractivity contribution >= 4 is 120 Å². The van der Waals surface area contributed by atoms with E-state index in [0.717, 1.165) is 10.0 Å². The van der Waals surface area contributed by atoms with Crippen molar-refractivity contribution in [2.24, 2.45) is 0 Å². The Bertz CT molecular complexity index is 1230. The van der Waals surface area contributed by atoms with E-state index in [1.807, 2.05) is 91.0 Å². The Labute approximate surface area is 313 Å². The van der Waals surface area contributed by atoms with E-state index < -0.39 is 0 Å². The molecule has 2 aromatic heterocycles. The molecule has 0 saturated carbocycles. The summed E-state index contributed by atoms with van der Waals surface area (Å²) in [6.07, 6.45) is 0. The maximum absolute atomic E-state index is 5.65. The number of aromatic nitrogens is 6. The molecule has 3 aromatic carbocycles. The van der Waals surface area contributed by atoms with Crippen LogP contribution in [-0.4, -0.2) is 76.0 Å². The standard InChI is InChI=1S/C9H5Cl2N3.C6H5Br.C6H5.C3Cl3N3.CH4.BrH.2Mg.2H/c10-8-12-7(13-9(11)14-8)6-4-2-1-3-5-6;7-6-4-2-1-3-5-6;1-2-4-6-5-3-1;4-1-7-2(5)9-3(6)8-1;;;;;;/h1-5H;1-5H;1-5H;;1H4;1H;;;;/q;;-1;;;;2*+2;2*-1/p-1. The minimum absolute atomic E-state index is 0. The van der Waals surface area contributed by atoms with Gasteiger partial charge in [-0.3, -0.25) is 0 Å². The Kier molecular flexibility index (Phi) is 28.9. The van der Waals surface area contributed by atoms with Gasteiger partial charge in [0.2, 0.25) is 26.4 Å². The van der Waals surface area contributed by atoms with Crippen LogP contribution in [0.4, 0.5) is 0 Å². The van der Waals surface area contributed by atoms with Crippen LogP contribution >= 0.6 is 73.9 Å². The van der Waals surface area contributed by atoms with E-state index in [9.17, 15) is 0 Å². The average molecular weight is 791 g/mol. The van der Waals surface area contributed by atoms with Gasteiger partial charge in [-0.05, 0) is 70.1 Å². The first-order chi connectivity index (χ1) is 17.3. The molecule has 0 atom stereocenters. The van der Waals surface area contributed by atoms with Gasteiger partial charge in [0, 0.05) is 10.0 Å². The SMILES string of the molecule is Brc1ccccc1.C.Clc1nc(Cl)nc(-c2ccccc2)n1.Clc1nc(Cl)nc(Cl)n1.[Br-].[H-].[H-].[Mg+2].[Mg+2].[c-]1ccccc1. The second kappa shape index (κ2) is 26.3. The fourth-order valence-corrected chi connectivity index (χ4v) is 3.38. The second-order valence-corrected chi connectivity index (χ2v) is 8.68. The van der Waals surface area contributed by atoms with E-state index in [1.54, 1.807) is 0 Å². The molecule has 6 nitrogen and oxygen atoms in total. The zero-order chi connectivity index (χ0) is 26.2. The molecule has 5 aromatic rings. The van der Waals surface area contributed by atoms with Crippen molar-refractivity contribution in [3.05, 3.63) is 128 Å². The van der Waals surface area contributed by atoms with Gasteiger partial charge in [-0.15, -0.1) is 0 Å². The first kappa shape index (κ1) is 44.1. The number of rotatable bonds is 1. The van der Waals surface area contributed by atoms with E-state index in [0.29, 0.717) is 5.82 Å². The topological polar surface area (TPSA) is 77.3 Å². The maximum Gasteiger partial charge on any atom is 2.00 e. The van der Waals surface area contributed by atoms with Crippen molar-refractivity contribution in [1.29, 1.82) is 0 Å². The van der Waals surface area contributed by atoms with Crippen LogP contribution in [0.15, 0.2) is 95.5 Å². The van der Waals surface area contributed by atoms with Crippen LogP contribution in [0.3, 0.4) is 0 Å². The van der Waals surface area contributed by atoms with E-state index in [-0.39, 0.29) is 99.8 Å². The zero-order valence-corrected chi connectivity index (χ0v) is 29.7. The van der Waals surface area contributed by atoms with Gasteiger partial charge in [0.05, 0.1) is 0 Å². The van der Waals surface area contributed by atoms with Crippen LogP contribution < -0.4 is 17.0 Å². The van der Waals surface area contributed by atoms with Crippen molar-refractivity contribution in [2.45, 2.75) is 7.43 Å². The summed E-state index contributed by atoms with van der Waals surface area (Å²) in [6.45, 7) is 0. The molecule has 204 valence electrons. The predicted molar refractivity (Wildman–Crippen MR) is 170 cm³/mol. The van der Waals surface area contributed by atoms with Gasteiger partial charge in [0.1, 0.15) is 0 Å². The summed E-state index contributed by atoms with van der Waals surface area (Å²) in [4.78, 5) is 22.0. The third-order valence-electron chi connectivity index (χ3n) is 3.51. The largest absolute Gasteiger partial charge is 2.00 e.